The van der Waals surface area contributed by atoms with Crippen LogP contribution in [-0.4, -0.2) is 38.8 Å². The largest absolute Gasteiger partial charge is 0.342 e. The van der Waals surface area contributed by atoms with Crippen LogP contribution in [0.2, 0.25) is 0 Å². The maximum Gasteiger partial charge on any atom is 0.225 e. The Morgan fingerprint density at radius 1 is 1.19 bits per heavy atom. The van der Waals surface area contributed by atoms with E-state index < -0.39 is 0 Å². The molecule has 3 heterocycles. The predicted molar refractivity (Wildman–Crippen MR) is 107 cm³/mol. The summed E-state index contributed by atoms with van der Waals surface area (Å²) in [5.74, 6) is 2.43. The summed E-state index contributed by atoms with van der Waals surface area (Å²) in [5, 5.41) is 4.14. The molecular weight excluding hydrogens is 358 g/mol. The van der Waals surface area contributed by atoms with Gasteiger partial charge in [0.1, 0.15) is 11.6 Å². The quantitative estimate of drug-likeness (QED) is 0.854. The second-order valence-corrected chi connectivity index (χ2v) is 8.97. The van der Waals surface area contributed by atoms with Gasteiger partial charge in [0.2, 0.25) is 5.91 Å². The fourth-order valence-corrected chi connectivity index (χ4v) is 4.87. The Morgan fingerprint density at radius 3 is 2.74 bits per heavy atom. The van der Waals surface area contributed by atoms with Gasteiger partial charge in [0.15, 0.2) is 5.13 Å². The monoisotopic (exact) mass is 385 g/mol. The molecule has 144 valence electrons. The second-order valence-electron chi connectivity index (χ2n) is 7.73. The zero-order valence-electron chi connectivity index (χ0n) is 16.1. The summed E-state index contributed by atoms with van der Waals surface area (Å²) in [5.41, 5.74) is 1.03. The lowest BCUT2D eigenvalue weighted by Gasteiger charge is -2.26. The van der Waals surface area contributed by atoms with Crippen LogP contribution in [0.5, 0.6) is 0 Å². The highest BCUT2D eigenvalue weighted by Gasteiger charge is 2.32. The molecule has 1 atom stereocenters. The van der Waals surface area contributed by atoms with Gasteiger partial charge in [-0.1, -0.05) is 19.3 Å². The molecule has 2 aromatic rings. The fourth-order valence-electron chi connectivity index (χ4n) is 4.20. The van der Waals surface area contributed by atoms with E-state index in [2.05, 4.69) is 25.2 Å². The number of likely N-dealkylation sites (tertiary alicyclic amines) is 1. The van der Waals surface area contributed by atoms with Crippen molar-refractivity contribution in [2.24, 2.45) is 5.92 Å². The summed E-state index contributed by atoms with van der Waals surface area (Å²) in [6, 6.07) is 2.02. The maximum atomic E-state index is 12.8. The summed E-state index contributed by atoms with van der Waals surface area (Å²) in [4.78, 5) is 29.6. The summed E-state index contributed by atoms with van der Waals surface area (Å²) in [7, 11) is 0. The molecule has 0 radical (unpaired) electrons. The molecule has 0 spiro atoms. The molecule has 7 heteroatoms. The zero-order chi connectivity index (χ0) is 18.8. The minimum Gasteiger partial charge on any atom is -0.342 e. The number of anilines is 2. The van der Waals surface area contributed by atoms with Crippen LogP contribution in [0.4, 0.5) is 10.9 Å². The van der Waals surface area contributed by atoms with Crippen LogP contribution in [0, 0.1) is 19.8 Å². The first-order chi connectivity index (χ1) is 13.1. The van der Waals surface area contributed by atoms with E-state index in [1.165, 1.54) is 19.3 Å². The smallest absolute Gasteiger partial charge is 0.225 e. The maximum absolute atomic E-state index is 12.8. The average Bonchev–Trinajstić information content (AvgIpc) is 3.31. The Hall–Kier alpha value is -2.02. The Balaban J connectivity index is 1.44. The van der Waals surface area contributed by atoms with Crippen molar-refractivity contribution in [2.45, 2.75) is 58.3 Å². The van der Waals surface area contributed by atoms with Crippen molar-refractivity contribution in [1.82, 2.24) is 19.9 Å². The molecular formula is C20H27N5OS. The van der Waals surface area contributed by atoms with E-state index >= 15 is 0 Å². The molecule has 4 rings (SSSR count). The van der Waals surface area contributed by atoms with Crippen LogP contribution < -0.4 is 5.32 Å². The van der Waals surface area contributed by atoms with Crippen molar-refractivity contribution in [3.63, 3.8) is 0 Å². The zero-order valence-corrected chi connectivity index (χ0v) is 16.9. The van der Waals surface area contributed by atoms with Gasteiger partial charge in [0.25, 0.3) is 0 Å². The van der Waals surface area contributed by atoms with E-state index in [0.29, 0.717) is 5.91 Å². The van der Waals surface area contributed by atoms with Crippen molar-refractivity contribution in [3.05, 3.63) is 28.7 Å². The van der Waals surface area contributed by atoms with Gasteiger partial charge in [-0.15, -0.1) is 11.3 Å². The van der Waals surface area contributed by atoms with Gasteiger partial charge in [-0.2, -0.15) is 0 Å². The molecule has 1 saturated heterocycles. The molecule has 2 aromatic heterocycles. The summed E-state index contributed by atoms with van der Waals surface area (Å²) >= 11 is 1.61. The number of carbonyl (C=O) groups excluding carboxylic acids is 1. The molecule has 0 aromatic carbocycles. The van der Waals surface area contributed by atoms with Gasteiger partial charge in [-0.25, -0.2) is 15.0 Å². The molecule has 27 heavy (non-hydrogen) atoms. The predicted octanol–water partition coefficient (Wildman–Crippen LogP) is 4.19. The van der Waals surface area contributed by atoms with Crippen LogP contribution in [0.25, 0.3) is 0 Å². The lowest BCUT2D eigenvalue weighted by atomic mass is 9.88. The van der Waals surface area contributed by atoms with Crippen molar-refractivity contribution >= 4 is 28.2 Å². The van der Waals surface area contributed by atoms with Gasteiger partial charge in [0.05, 0.1) is 5.69 Å². The van der Waals surface area contributed by atoms with Gasteiger partial charge >= 0.3 is 0 Å². The third-order valence-corrected chi connectivity index (χ3v) is 6.41. The summed E-state index contributed by atoms with van der Waals surface area (Å²) < 4.78 is 0. The Bertz CT molecular complexity index is 814. The molecule has 2 fully saturated rings. The van der Waals surface area contributed by atoms with E-state index in [1.54, 1.807) is 11.3 Å². The van der Waals surface area contributed by atoms with Gasteiger partial charge < -0.3 is 10.2 Å². The minimum atomic E-state index is 0.245. The number of thiazole rings is 1. The molecule has 1 unspecified atom stereocenters. The first kappa shape index (κ1) is 18.3. The van der Waals surface area contributed by atoms with Gasteiger partial charge in [0, 0.05) is 42.1 Å². The average molecular weight is 386 g/mol. The third-order valence-electron chi connectivity index (χ3n) is 5.59. The number of carbonyl (C=O) groups is 1. The number of aromatic nitrogens is 3. The number of amides is 1. The standard InChI is InChI=1S/C20H27N5OS/c1-13-11-21-20(27-13)24-18-10-17(22-14(2)23-18)16-8-9-25(12-16)19(26)15-6-4-3-5-7-15/h10-11,15-16H,3-9,12H2,1-2H3,(H,21,22,23,24). The van der Waals surface area contributed by atoms with Crippen molar-refractivity contribution in [2.75, 3.05) is 18.4 Å². The summed E-state index contributed by atoms with van der Waals surface area (Å²) in [6.07, 6.45) is 8.63. The number of aryl methyl sites for hydroxylation is 2. The first-order valence-electron chi connectivity index (χ1n) is 9.92. The van der Waals surface area contributed by atoms with Gasteiger partial charge in [-0.05, 0) is 33.1 Å². The van der Waals surface area contributed by atoms with Crippen molar-refractivity contribution in [1.29, 1.82) is 0 Å². The van der Waals surface area contributed by atoms with E-state index in [9.17, 15) is 4.79 Å². The summed E-state index contributed by atoms with van der Waals surface area (Å²) in [6.45, 7) is 5.58. The molecule has 1 amide bonds. The Morgan fingerprint density at radius 2 is 2.00 bits per heavy atom. The molecule has 1 aliphatic carbocycles. The highest BCUT2D eigenvalue weighted by Crippen LogP contribution is 2.32. The second kappa shape index (κ2) is 7.92. The number of nitrogens with one attached hydrogen (secondary N) is 1. The molecule has 1 N–H and O–H groups in total. The van der Waals surface area contributed by atoms with Crippen LogP contribution >= 0.6 is 11.3 Å². The Kier molecular flexibility index (Phi) is 5.38. The minimum absolute atomic E-state index is 0.245. The first-order valence-corrected chi connectivity index (χ1v) is 10.7. The lowest BCUT2D eigenvalue weighted by molar-refractivity contribution is -0.135. The molecule has 1 aliphatic heterocycles. The number of hydrogen-bond acceptors (Lipinski definition) is 6. The van der Waals surface area contributed by atoms with E-state index in [-0.39, 0.29) is 11.8 Å². The lowest BCUT2D eigenvalue weighted by Crippen LogP contribution is -2.35. The van der Waals surface area contributed by atoms with Crippen LogP contribution in [0.3, 0.4) is 0 Å². The SMILES string of the molecule is Cc1nc(Nc2ncc(C)s2)cc(C2CCN(C(=O)C3CCCCC3)C2)n1. The molecule has 2 aliphatic rings. The fraction of sp³-hybridized carbons (Fsp3) is 0.600. The van der Waals surface area contributed by atoms with E-state index in [0.717, 1.165) is 59.7 Å². The normalized spacial score (nSPS) is 20.8. The van der Waals surface area contributed by atoms with Crippen LogP contribution in [0.1, 0.15) is 60.8 Å². The van der Waals surface area contributed by atoms with Gasteiger partial charge in [-0.3, -0.25) is 4.79 Å². The number of rotatable bonds is 4. The Labute approximate surface area is 164 Å². The number of hydrogen-bond donors (Lipinski definition) is 1. The molecule has 6 nitrogen and oxygen atoms in total. The van der Waals surface area contributed by atoms with Crippen molar-refractivity contribution in [3.8, 4) is 0 Å². The van der Waals surface area contributed by atoms with Crippen LogP contribution in [0.15, 0.2) is 12.3 Å². The highest BCUT2D eigenvalue weighted by molar-refractivity contribution is 7.15. The molecule has 1 saturated carbocycles. The topological polar surface area (TPSA) is 71.0 Å². The highest BCUT2D eigenvalue weighted by atomic mass is 32.1. The third kappa shape index (κ3) is 4.29. The van der Waals surface area contributed by atoms with Crippen LogP contribution in [-0.2, 0) is 4.79 Å². The van der Waals surface area contributed by atoms with E-state index in [1.807, 2.05) is 26.1 Å². The van der Waals surface area contributed by atoms with E-state index in [4.69, 9.17) is 0 Å². The number of nitrogens with zero attached hydrogens (tertiary/aromatic N) is 4. The molecule has 0 bridgehead atoms. The van der Waals surface area contributed by atoms with Crippen molar-refractivity contribution < 1.29 is 4.79 Å².